The molecule has 0 bridgehead atoms. The van der Waals surface area contributed by atoms with E-state index in [1.807, 2.05) is 6.07 Å². The summed E-state index contributed by atoms with van der Waals surface area (Å²) in [6.07, 6.45) is 0.722. The first-order valence-electron chi connectivity index (χ1n) is 8.74. The molecule has 0 aromatic heterocycles. The van der Waals surface area contributed by atoms with Crippen LogP contribution in [0.2, 0.25) is 0 Å². The number of piperazine rings is 1. The van der Waals surface area contributed by atoms with Crippen LogP contribution < -0.4 is 10.7 Å². The Morgan fingerprint density at radius 1 is 1.28 bits per heavy atom. The summed E-state index contributed by atoms with van der Waals surface area (Å²) >= 11 is 0. The molecule has 2 aliphatic heterocycles. The summed E-state index contributed by atoms with van der Waals surface area (Å²) in [5.41, 5.74) is 4.06. The zero-order valence-electron chi connectivity index (χ0n) is 14.6. The van der Waals surface area contributed by atoms with Gasteiger partial charge in [-0.05, 0) is 12.6 Å². The van der Waals surface area contributed by atoms with Crippen LogP contribution in [0.25, 0.3) is 0 Å². The quantitative estimate of drug-likeness (QED) is 0.809. The van der Waals surface area contributed by atoms with Gasteiger partial charge in [-0.1, -0.05) is 30.3 Å². The molecule has 0 radical (unpaired) electrons. The van der Waals surface area contributed by atoms with Gasteiger partial charge in [0.25, 0.3) is 5.91 Å². The number of carbonyl (C=O) groups is 2. The maximum atomic E-state index is 12.1. The third-order valence-electron chi connectivity index (χ3n) is 4.73. The maximum absolute atomic E-state index is 12.1. The van der Waals surface area contributed by atoms with E-state index in [0.717, 1.165) is 26.2 Å². The molecule has 7 nitrogen and oxygen atoms in total. The van der Waals surface area contributed by atoms with E-state index in [4.69, 9.17) is 0 Å². The summed E-state index contributed by atoms with van der Waals surface area (Å²) in [5.74, 6) is -0.329. The lowest BCUT2D eigenvalue weighted by molar-refractivity contribution is -0.121. The van der Waals surface area contributed by atoms with Crippen LogP contribution in [0, 0.1) is 0 Å². The first-order valence-corrected chi connectivity index (χ1v) is 8.74. The van der Waals surface area contributed by atoms with Gasteiger partial charge >= 0.3 is 0 Å². The standard InChI is InChI=1S/C18H25N5O2/c1-22-11-12-23(16(13-22)14-5-3-2-4-6-14)10-9-19-18(25)15-7-8-17(24)21-20-15/h2-6,16H,7-13H2,1H3,(H,19,25)(H,21,24)/t16-/m0/s1. The molecule has 2 heterocycles. The van der Waals surface area contributed by atoms with Gasteiger partial charge in [0.1, 0.15) is 5.71 Å². The fraction of sp³-hybridized carbons (Fsp3) is 0.500. The van der Waals surface area contributed by atoms with Crippen LogP contribution in [-0.4, -0.2) is 67.1 Å². The van der Waals surface area contributed by atoms with E-state index in [1.165, 1.54) is 5.56 Å². The zero-order chi connectivity index (χ0) is 17.6. The van der Waals surface area contributed by atoms with Crippen LogP contribution in [0.3, 0.4) is 0 Å². The third kappa shape index (κ3) is 4.64. The average Bonchev–Trinajstić information content (AvgIpc) is 2.64. The van der Waals surface area contributed by atoms with Gasteiger partial charge in [-0.2, -0.15) is 5.10 Å². The van der Waals surface area contributed by atoms with Crippen molar-refractivity contribution in [1.29, 1.82) is 0 Å². The molecule has 134 valence electrons. The highest BCUT2D eigenvalue weighted by Gasteiger charge is 2.26. The summed E-state index contributed by atoms with van der Waals surface area (Å²) in [6.45, 7) is 4.34. The van der Waals surface area contributed by atoms with Gasteiger partial charge in [-0.3, -0.25) is 14.5 Å². The minimum atomic E-state index is -0.189. The Hall–Kier alpha value is -2.25. The first kappa shape index (κ1) is 17.6. The topological polar surface area (TPSA) is 77.0 Å². The van der Waals surface area contributed by atoms with Crippen LogP contribution >= 0.6 is 0 Å². The Kier molecular flexibility index (Phi) is 5.78. The van der Waals surface area contributed by atoms with Crippen LogP contribution in [-0.2, 0) is 9.59 Å². The number of amides is 2. The van der Waals surface area contributed by atoms with Crippen LogP contribution in [0.1, 0.15) is 24.4 Å². The Bertz CT molecular complexity index is 646. The molecule has 25 heavy (non-hydrogen) atoms. The number of likely N-dealkylation sites (N-methyl/N-ethyl adjacent to an activating group) is 1. The first-order chi connectivity index (χ1) is 12.1. The second-order valence-corrected chi connectivity index (χ2v) is 6.57. The third-order valence-corrected chi connectivity index (χ3v) is 4.73. The second-order valence-electron chi connectivity index (χ2n) is 6.57. The zero-order valence-corrected chi connectivity index (χ0v) is 14.6. The highest BCUT2D eigenvalue weighted by Crippen LogP contribution is 2.24. The molecule has 1 aromatic carbocycles. The lowest BCUT2D eigenvalue weighted by Crippen LogP contribution is -2.49. The Labute approximate surface area is 148 Å². The van der Waals surface area contributed by atoms with Crippen molar-refractivity contribution >= 4 is 17.5 Å². The molecule has 0 unspecified atom stereocenters. The lowest BCUT2D eigenvalue weighted by Gasteiger charge is -2.40. The van der Waals surface area contributed by atoms with Crippen LogP contribution in [0.15, 0.2) is 35.4 Å². The van der Waals surface area contributed by atoms with E-state index in [0.29, 0.717) is 31.1 Å². The molecule has 7 heteroatoms. The number of rotatable bonds is 5. The number of benzene rings is 1. The Balaban J connectivity index is 1.54. The minimum absolute atomic E-state index is 0.139. The monoisotopic (exact) mass is 343 g/mol. The van der Waals surface area contributed by atoms with E-state index in [-0.39, 0.29) is 11.8 Å². The SMILES string of the molecule is CN1CCN(CCNC(=O)C2=NNC(=O)CC2)[C@H](c2ccccc2)C1. The number of carbonyl (C=O) groups excluding carboxylic acids is 2. The molecule has 2 amide bonds. The summed E-state index contributed by atoms with van der Waals surface area (Å²) < 4.78 is 0. The van der Waals surface area contributed by atoms with Crippen molar-refractivity contribution < 1.29 is 9.59 Å². The summed E-state index contributed by atoms with van der Waals surface area (Å²) in [4.78, 5) is 28.0. The lowest BCUT2D eigenvalue weighted by atomic mass is 10.0. The fourth-order valence-electron chi connectivity index (χ4n) is 3.27. The van der Waals surface area contributed by atoms with Gasteiger partial charge in [-0.15, -0.1) is 0 Å². The molecule has 2 N–H and O–H groups in total. The smallest absolute Gasteiger partial charge is 0.267 e. The molecular formula is C18H25N5O2. The van der Waals surface area contributed by atoms with Gasteiger partial charge in [0.2, 0.25) is 5.91 Å². The fourth-order valence-corrected chi connectivity index (χ4v) is 3.27. The van der Waals surface area contributed by atoms with Crippen molar-refractivity contribution in [2.45, 2.75) is 18.9 Å². The van der Waals surface area contributed by atoms with E-state index < -0.39 is 0 Å². The molecule has 1 aromatic rings. The van der Waals surface area contributed by atoms with Gasteiger partial charge in [0, 0.05) is 51.6 Å². The van der Waals surface area contributed by atoms with E-state index >= 15 is 0 Å². The average molecular weight is 343 g/mol. The predicted molar refractivity (Wildman–Crippen MR) is 96.1 cm³/mol. The van der Waals surface area contributed by atoms with E-state index in [9.17, 15) is 9.59 Å². The van der Waals surface area contributed by atoms with Gasteiger partial charge < -0.3 is 10.2 Å². The number of hydrazone groups is 1. The Morgan fingerprint density at radius 3 is 2.80 bits per heavy atom. The molecule has 3 rings (SSSR count). The largest absolute Gasteiger partial charge is 0.350 e. The molecule has 2 aliphatic rings. The second kappa shape index (κ2) is 8.22. The minimum Gasteiger partial charge on any atom is -0.350 e. The van der Waals surface area contributed by atoms with Crippen molar-refractivity contribution in [3.05, 3.63) is 35.9 Å². The van der Waals surface area contributed by atoms with Crippen molar-refractivity contribution in [2.75, 3.05) is 39.8 Å². The van der Waals surface area contributed by atoms with Crippen molar-refractivity contribution in [1.82, 2.24) is 20.5 Å². The van der Waals surface area contributed by atoms with Gasteiger partial charge in [0.05, 0.1) is 0 Å². The number of nitrogens with one attached hydrogen (secondary N) is 2. The van der Waals surface area contributed by atoms with Crippen molar-refractivity contribution in [3.8, 4) is 0 Å². The van der Waals surface area contributed by atoms with Crippen molar-refractivity contribution in [3.63, 3.8) is 0 Å². The van der Waals surface area contributed by atoms with Gasteiger partial charge in [-0.25, -0.2) is 5.43 Å². The van der Waals surface area contributed by atoms with Crippen LogP contribution in [0.4, 0.5) is 0 Å². The summed E-state index contributed by atoms with van der Waals surface area (Å²) in [7, 11) is 2.14. The highest BCUT2D eigenvalue weighted by atomic mass is 16.2. The molecule has 0 aliphatic carbocycles. The van der Waals surface area contributed by atoms with Crippen molar-refractivity contribution in [2.24, 2.45) is 5.10 Å². The highest BCUT2D eigenvalue weighted by molar-refractivity contribution is 6.39. The molecular weight excluding hydrogens is 318 g/mol. The molecule has 0 saturated carbocycles. The summed E-state index contributed by atoms with van der Waals surface area (Å²) in [5, 5.41) is 6.75. The number of nitrogens with zero attached hydrogens (tertiary/aromatic N) is 3. The number of hydrogen-bond donors (Lipinski definition) is 2. The molecule has 0 spiro atoms. The number of hydrogen-bond acceptors (Lipinski definition) is 5. The molecule has 1 saturated heterocycles. The summed E-state index contributed by atoms with van der Waals surface area (Å²) in [6, 6.07) is 10.8. The van der Waals surface area contributed by atoms with Gasteiger partial charge in [0.15, 0.2) is 0 Å². The molecule has 1 atom stereocenters. The normalized spacial score (nSPS) is 22.2. The predicted octanol–water partition coefficient (Wildman–Crippen LogP) is 0.357. The van der Waals surface area contributed by atoms with E-state index in [2.05, 4.69) is 57.0 Å². The maximum Gasteiger partial charge on any atom is 0.267 e. The Morgan fingerprint density at radius 2 is 2.08 bits per heavy atom. The van der Waals surface area contributed by atoms with E-state index in [1.54, 1.807) is 0 Å². The molecule has 1 fully saturated rings. The van der Waals surface area contributed by atoms with Crippen LogP contribution in [0.5, 0.6) is 0 Å².